The summed E-state index contributed by atoms with van der Waals surface area (Å²) in [6, 6.07) is 0. The van der Waals surface area contributed by atoms with Crippen LogP contribution in [0.2, 0.25) is 0 Å². The Morgan fingerprint density at radius 2 is 2.00 bits per heavy atom. The lowest BCUT2D eigenvalue weighted by atomic mass is 10.2. The van der Waals surface area contributed by atoms with Crippen LogP contribution in [-0.4, -0.2) is 12.4 Å². The first kappa shape index (κ1) is 5.69. The first-order chi connectivity index (χ1) is 4.41. The van der Waals surface area contributed by atoms with Crippen LogP contribution < -0.4 is 0 Å². The van der Waals surface area contributed by atoms with Gasteiger partial charge in [0.25, 0.3) is 0 Å². The Balaban J connectivity index is 2.04. The normalized spacial score (nSPS) is 32.0. The summed E-state index contributed by atoms with van der Waals surface area (Å²) in [6.45, 7) is 2.45. The molecule has 1 radical (unpaired) electrons. The second kappa shape index (κ2) is 1.96. The summed E-state index contributed by atoms with van der Waals surface area (Å²) in [5.74, 6) is -0.167. The molecule has 2 fully saturated rings. The van der Waals surface area contributed by atoms with Crippen LogP contribution in [0.25, 0.3) is 0 Å². The predicted molar refractivity (Wildman–Crippen MR) is 32.5 cm³/mol. The summed E-state index contributed by atoms with van der Waals surface area (Å²) < 4.78 is 10.8. The zero-order valence-corrected chi connectivity index (χ0v) is 5.43. The molecule has 0 amide bonds. The second-order valence-electron chi connectivity index (χ2n) is 2.71. The van der Waals surface area contributed by atoms with Gasteiger partial charge in [0.05, 0.1) is 6.61 Å². The monoisotopic (exact) mass is 127 g/mol. The van der Waals surface area contributed by atoms with E-state index in [9.17, 15) is 0 Å². The summed E-state index contributed by atoms with van der Waals surface area (Å²) in [6.07, 6.45) is 4.69. The Labute approximate surface area is 55.1 Å². The van der Waals surface area contributed by atoms with Crippen LogP contribution >= 0.6 is 0 Å². The van der Waals surface area contributed by atoms with Gasteiger partial charge in [-0.15, -0.1) is 0 Å². The van der Waals surface area contributed by atoms with E-state index in [1.807, 2.05) is 0 Å². The van der Waals surface area contributed by atoms with Crippen LogP contribution in [0.5, 0.6) is 0 Å². The first-order valence-electron chi connectivity index (χ1n) is 3.55. The third kappa shape index (κ3) is 0.864. The molecule has 1 saturated heterocycles. The molecule has 0 aromatic carbocycles. The van der Waals surface area contributed by atoms with Crippen molar-refractivity contribution >= 4 is 0 Å². The van der Waals surface area contributed by atoms with E-state index >= 15 is 0 Å². The molecule has 2 rings (SSSR count). The van der Waals surface area contributed by atoms with Gasteiger partial charge in [0, 0.05) is 12.8 Å². The van der Waals surface area contributed by atoms with Gasteiger partial charge >= 0.3 is 0 Å². The maximum absolute atomic E-state index is 5.42. The largest absolute Gasteiger partial charge is 0.347 e. The van der Waals surface area contributed by atoms with Gasteiger partial charge in [-0.1, -0.05) is 0 Å². The number of rotatable bonds is 0. The Bertz CT molecular complexity index is 82.0. The van der Waals surface area contributed by atoms with Crippen LogP contribution in [0.3, 0.4) is 0 Å². The number of hydrogen-bond donors (Lipinski definition) is 0. The highest BCUT2D eigenvalue weighted by molar-refractivity contribution is 4.83. The fourth-order valence-corrected chi connectivity index (χ4v) is 1.58. The maximum Gasteiger partial charge on any atom is 0.169 e. The molecule has 0 aromatic heterocycles. The van der Waals surface area contributed by atoms with Crippen molar-refractivity contribution in [2.45, 2.75) is 31.5 Å². The van der Waals surface area contributed by atoms with Crippen LogP contribution in [0.1, 0.15) is 25.7 Å². The van der Waals surface area contributed by atoms with Gasteiger partial charge in [-0.05, 0) is 12.8 Å². The van der Waals surface area contributed by atoms with E-state index < -0.39 is 0 Å². The molecule has 9 heavy (non-hydrogen) atoms. The molecule has 1 saturated carbocycles. The van der Waals surface area contributed by atoms with E-state index in [1.165, 1.54) is 12.8 Å². The molecule has 0 aromatic rings. The lowest BCUT2D eigenvalue weighted by Crippen LogP contribution is -2.24. The molecule has 1 spiro atoms. The van der Waals surface area contributed by atoms with Gasteiger partial charge in [0.2, 0.25) is 0 Å². The highest BCUT2D eigenvalue weighted by atomic mass is 16.7. The van der Waals surface area contributed by atoms with E-state index in [0.29, 0.717) is 6.61 Å². The molecule has 2 heteroatoms. The van der Waals surface area contributed by atoms with Crippen LogP contribution in [-0.2, 0) is 9.47 Å². The van der Waals surface area contributed by atoms with Crippen LogP contribution in [0, 0.1) is 6.61 Å². The van der Waals surface area contributed by atoms with Crippen molar-refractivity contribution in [3.63, 3.8) is 0 Å². The van der Waals surface area contributed by atoms with Gasteiger partial charge in [0.15, 0.2) is 5.79 Å². The van der Waals surface area contributed by atoms with E-state index in [0.717, 1.165) is 12.8 Å². The predicted octanol–water partition coefficient (Wildman–Crippen LogP) is 1.47. The fourth-order valence-electron chi connectivity index (χ4n) is 1.58. The Morgan fingerprint density at radius 3 is 2.56 bits per heavy atom. The fraction of sp³-hybridized carbons (Fsp3) is 0.857. The zero-order chi connectivity index (χ0) is 6.16. The van der Waals surface area contributed by atoms with Crippen LogP contribution in [0.15, 0.2) is 0 Å². The third-order valence-electron chi connectivity index (χ3n) is 2.08. The average molecular weight is 127 g/mol. The molecule has 1 heterocycles. The summed E-state index contributed by atoms with van der Waals surface area (Å²) in [7, 11) is 0. The van der Waals surface area contributed by atoms with Gasteiger partial charge < -0.3 is 9.47 Å². The Hall–Kier alpha value is -0.0800. The first-order valence-corrected chi connectivity index (χ1v) is 3.55. The van der Waals surface area contributed by atoms with Crippen molar-refractivity contribution in [2.24, 2.45) is 0 Å². The lowest BCUT2D eigenvalue weighted by Gasteiger charge is -2.19. The average Bonchev–Trinajstić information content (AvgIpc) is 2.45. The topological polar surface area (TPSA) is 18.5 Å². The molecular formula is C7H11O2. The molecule has 51 valence electrons. The van der Waals surface area contributed by atoms with Gasteiger partial charge in [-0.3, -0.25) is 0 Å². The zero-order valence-electron chi connectivity index (χ0n) is 5.43. The molecular weight excluding hydrogens is 116 g/mol. The standard InChI is InChI=1S/C7H11O2/c1-2-4-7(3-1)8-5-6-9-7/h5H,1-4,6H2. The van der Waals surface area contributed by atoms with Crippen molar-refractivity contribution < 1.29 is 9.47 Å². The van der Waals surface area contributed by atoms with Gasteiger partial charge in [0.1, 0.15) is 6.61 Å². The molecule has 0 atom stereocenters. The lowest BCUT2D eigenvalue weighted by molar-refractivity contribution is -0.142. The minimum absolute atomic E-state index is 0.167. The number of ether oxygens (including phenoxy) is 2. The summed E-state index contributed by atoms with van der Waals surface area (Å²) in [5.41, 5.74) is 0. The molecule has 1 aliphatic heterocycles. The molecule has 1 aliphatic carbocycles. The number of hydrogen-bond acceptors (Lipinski definition) is 2. The molecule has 0 bridgehead atoms. The third-order valence-corrected chi connectivity index (χ3v) is 2.08. The van der Waals surface area contributed by atoms with Crippen molar-refractivity contribution in [2.75, 3.05) is 6.61 Å². The smallest absolute Gasteiger partial charge is 0.169 e. The summed E-state index contributed by atoms with van der Waals surface area (Å²) in [5, 5.41) is 0. The van der Waals surface area contributed by atoms with E-state index in [1.54, 1.807) is 6.61 Å². The molecule has 0 unspecified atom stereocenters. The summed E-state index contributed by atoms with van der Waals surface area (Å²) in [4.78, 5) is 0. The molecule has 2 nitrogen and oxygen atoms in total. The Kier molecular flexibility index (Phi) is 1.24. The van der Waals surface area contributed by atoms with Crippen molar-refractivity contribution in [3.05, 3.63) is 6.61 Å². The van der Waals surface area contributed by atoms with E-state index in [4.69, 9.17) is 9.47 Å². The van der Waals surface area contributed by atoms with E-state index in [2.05, 4.69) is 0 Å². The SMILES string of the molecule is [CH]1COC2(CCCC2)O1. The second-order valence-corrected chi connectivity index (χ2v) is 2.71. The molecule has 0 N–H and O–H groups in total. The molecule has 2 aliphatic rings. The highest BCUT2D eigenvalue weighted by Crippen LogP contribution is 2.37. The summed E-state index contributed by atoms with van der Waals surface area (Å²) >= 11 is 0. The van der Waals surface area contributed by atoms with Gasteiger partial charge in [-0.25, -0.2) is 0 Å². The Morgan fingerprint density at radius 1 is 1.22 bits per heavy atom. The van der Waals surface area contributed by atoms with Crippen molar-refractivity contribution in [1.29, 1.82) is 0 Å². The van der Waals surface area contributed by atoms with E-state index in [-0.39, 0.29) is 5.79 Å². The highest BCUT2D eigenvalue weighted by Gasteiger charge is 2.39. The minimum atomic E-state index is -0.167. The quantitative estimate of drug-likeness (QED) is 0.490. The van der Waals surface area contributed by atoms with Crippen molar-refractivity contribution in [1.82, 2.24) is 0 Å². The van der Waals surface area contributed by atoms with Crippen molar-refractivity contribution in [3.8, 4) is 0 Å². The van der Waals surface area contributed by atoms with Crippen LogP contribution in [0.4, 0.5) is 0 Å². The minimum Gasteiger partial charge on any atom is -0.347 e. The maximum atomic E-state index is 5.42. The van der Waals surface area contributed by atoms with Gasteiger partial charge in [-0.2, -0.15) is 0 Å².